The van der Waals surface area contributed by atoms with Gasteiger partial charge in [-0.15, -0.1) is 0 Å². The number of carbonyl (C=O) groups excluding carboxylic acids is 1. The van der Waals surface area contributed by atoms with Gasteiger partial charge < -0.3 is 19.7 Å². The Hall–Kier alpha value is -2.21. The molecule has 0 aliphatic carbocycles. The predicted molar refractivity (Wildman–Crippen MR) is 132 cm³/mol. The van der Waals surface area contributed by atoms with Crippen molar-refractivity contribution in [1.82, 2.24) is 0 Å². The van der Waals surface area contributed by atoms with E-state index >= 15 is 0 Å². The first-order valence-electron chi connectivity index (χ1n) is 11.9. The summed E-state index contributed by atoms with van der Waals surface area (Å²) in [4.78, 5) is 11.3. The van der Waals surface area contributed by atoms with Crippen molar-refractivity contribution in [3.63, 3.8) is 0 Å². The summed E-state index contributed by atoms with van der Waals surface area (Å²) >= 11 is 0. The van der Waals surface area contributed by atoms with Gasteiger partial charge in [0, 0.05) is 24.8 Å². The molecule has 5 nitrogen and oxygen atoms in total. The lowest BCUT2D eigenvalue weighted by atomic mass is 9.88. The van der Waals surface area contributed by atoms with Crippen LogP contribution in [0.2, 0.25) is 0 Å². The van der Waals surface area contributed by atoms with Crippen molar-refractivity contribution < 1.29 is 24.5 Å². The van der Waals surface area contributed by atoms with Crippen LogP contribution in [0.25, 0.3) is 0 Å². The van der Waals surface area contributed by atoms with Crippen LogP contribution >= 0.6 is 0 Å². The zero-order valence-electron chi connectivity index (χ0n) is 20.6. The Morgan fingerprint density at radius 1 is 1.30 bits per heavy atom. The first-order valence-corrected chi connectivity index (χ1v) is 11.9. The summed E-state index contributed by atoms with van der Waals surface area (Å²) in [5.74, 6) is 0.0688. The third-order valence-electron chi connectivity index (χ3n) is 6.04. The van der Waals surface area contributed by atoms with Crippen LogP contribution in [0.15, 0.2) is 71.9 Å². The van der Waals surface area contributed by atoms with E-state index in [2.05, 4.69) is 19.9 Å². The smallest absolute Gasteiger partial charge is 0.331 e. The third kappa shape index (κ3) is 9.28. The molecule has 1 saturated heterocycles. The minimum absolute atomic E-state index is 0.0122. The minimum Gasteiger partial charge on any atom is -0.455 e. The fraction of sp³-hybridized carbons (Fsp3) is 0.536. The van der Waals surface area contributed by atoms with Crippen LogP contribution in [-0.2, 0) is 14.3 Å². The number of esters is 1. The second kappa shape index (κ2) is 13.5. The number of hydrogen-bond acceptors (Lipinski definition) is 5. The fourth-order valence-corrected chi connectivity index (χ4v) is 4.19. The standard InChI is InChI=1S/C28H40O5/c1-6-9-26-22(5)25(30)18-27(33-26)24(29)12-7-10-19(2)16-21(4)17-20(3)14-15-23-11-8-13-28(31)32-23/h6-10,12-15,17,21-27,29-30H,11,16,18H2,1-5H3/b9-6+,12-7+,15-14+,19-10+,20-17-/t21?,22-,23?,24?,25+,26-,27-/m1/s1. The molecule has 5 heteroatoms. The number of cyclic esters (lactones) is 1. The average Bonchev–Trinajstić information content (AvgIpc) is 2.75. The second-order valence-corrected chi connectivity index (χ2v) is 9.28. The average molecular weight is 457 g/mol. The molecule has 0 bridgehead atoms. The lowest BCUT2D eigenvalue weighted by Crippen LogP contribution is -2.46. The highest BCUT2D eigenvalue weighted by atomic mass is 16.5. The van der Waals surface area contributed by atoms with E-state index in [4.69, 9.17) is 9.47 Å². The van der Waals surface area contributed by atoms with Gasteiger partial charge in [-0.1, -0.05) is 73.6 Å². The SMILES string of the molecule is C/C=C/[C@H]1O[C@@H](C(O)/C=C/C=C(\C)CC(C)/C=C(C)\C=C\C2CC=CC(=O)O2)C[C@H](O)[C@H]1C. The predicted octanol–water partition coefficient (Wildman–Crippen LogP) is 4.98. The summed E-state index contributed by atoms with van der Waals surface area (Å²) in [6.45, 7) is 10.2. The molecule has 2 aliphatic heterocycles. The molecule has 0 saturated carbocycles. The molecule has 0 radical (unpaired) electrons. The van der Waals surface area contributed by atoms with E-state index in [0.717, 1.165) is 12.0 Å². The molecule has 0 amide bonds. The van der Waals surface area contributed by atoms with Crippen molar-refractivity contribution in [1.29, 1.82) is 0 Å². The summed E-state index contributed by atoms with van der Waals surface area (Å²) in [7, 11) is 0. The summed E-state index contributed by atoms with van der Waals surface area (Å²) < 4.78 is 11.2. The van der Waals surface area contributed by atoms with E-state index in [-0.39, 0.29) is 24.1 Å². The molecule has 182 valence electrons. The van der Waals surface area contributed by atoms with Gasteiger partial charge >= 0.3 is 5.97 Å². The summed E-state index contributed by atoms with van der Waals surface area (Å²) in [6, 6.07) is 0. The first kappa shape index (κ1) is 27.0. The largest absolute Gasteiger partial charge is 0.455 e. The highest BCUT2D eigenvalue weighted by Gasteiger charge is 2.35. The monoisotopic (exact) mass is 456 g/mol. The zero-order valence-corrected chi connectivity index (χ0v) is 20.6. The van der Waals surface area contributed by atoms with E-state index in [1.54, 1.807) is 6.08 Å². The van der Waals surface area contributed by atoms with Gasteiger partial charge in [0.1, 0.15) is 6.10 Å². The molecular formula is C28H40O5. The van der Waals surface area contributed by atoms with Gasteiger partial charge in [0.15, 0.2) is 0 Å². The van der Waals surface area contributed by atoms with Crippen molar-refractivity contribution in [3.8, 4) is 0 Å². The van der Waals surface area contributed by atoms with E-state index in [9.17, 15) is 15.0 Å². The second-order valence-electron chi connectivity index (χ2n) is 9.28. The third-order valence-corrected chi connectivity index (χ3v) is 6.04. The highest BCUT2D eigenvalue weighted by Crippen LogP contribution is 2.28. The Kier molecular flexibility index (Phi) is 11.0. The van der Waals surface area contributed by atoms with Gasteiger partial charge in [-0.2, -0.15) is 0 Å². The number of hydrogen-bond donors (Lipinski definition) is 2. The number of allylic oxidation sites excluding steroid dienone is 7. The van der Waals surface area contributed by atoms with Crippen molar-refractivity contribution in [2.75, 3.05) is 0 Å². The number of rotatable bonds is 9. The van der Waals surface area contributed by atoms with Crippen molar-refractivity contribution >= 4 is 5.97 Å². The van der Waals surface area contributed by atoms with Crippen molar-refractivity contribution in [3.05, 3.63) is 71.9 Å². The van der Waals surface area contributed by atoms with Crippen molar-refractivity contribution in [2.24, 2.45) is 11.8 Å². The van der Waals surface area contributed by atoms with E-state index < -0.39 is 18.3 Å². The van der Waals surface area contributed by atoms with Crippen LogP contribution in [0.5, 0.6) is 0 Å². The van der Waals surface area contributed by atoms with Gasteiger partial charge in [-0.05, 0) is 39.2 Å². The molecule has 33 heavy (non-hydrogen) atoms. The van der Waals surface area contributed by atoms with Crippen LogP contribution in [-0.4, -0.2) is 46.7 Å². The van der Waals surface area contributed by atoms with E-state index in [0.29, 0.717) is 18.8 Å². The molecule has 7 atom stereocenters. The molecule has 0 aromatic heterocycles. The Morgan fingerprint density at radius 2 is 2.06 bits per heavy atom. The van der Waals surface area contributed by atoms with E-state index in [1.165, 1.54) is 11.6 Å². The molecule has 0 spiro atoms. The van der Waals surface area contributed by atoms with Crippen LogP contribution in [0, 0.1) is 11.8 Å². The quantitative estimate of drug-likeness (QED) is 0.291. The topological polar surface area (TPSA) is 76.0 Å². The number of ether oxygens (including phenoxy) is 2. The highest BCUT2D eigenvalue weighted by molar-refractivity contribution is 5.82. The summed E-state index contributed by atoms with van der Waals surface area (Å²) in [6.07, 6.45) is 18.9. The summed E-state index contributed by atoms with van der Waals surface area (Å²) in [5, 5.41) is 20.8. The van der Waals surface area contributed by atoms with Crippen LogP contribution < -0.4 is 0 Å². The Balaban J connectivity index is 1.85. The maximum Gasteiger partial charge on any atom is 0.331 e. The minimum atomic E-state index is -0.766. The van der Waals surface area contributed by atoms with Gasteiger partial charge in [-0.3, -0.25) is 0 Å². The van der Waals surface area contributed by atoms with Crippen LogP contribution in [0.4, 0.5) is 0 Å². The van der Waals surface area contributed by atoms with Gasteiger partial charge in [-0.25, -0.2) is 4.79 Å². The van der Waals surface area contributed by atoms with Crippen LogP contribution in [0.3, 0.4) is 0 Å². The Bertz CT molecular complexity index is 816. The maximum absolute atomic E-state index is 11.3. The maximum atomic E-state index is 11.3. The Labute approximate surface area is 198 Å². The molecule has 2 aliphatic rings. The fourth-order valence-electron chi connectivity index (χ4n) is 4.19. The van der Waals surface area contributed by atoms with E-state index in [1.807, 2.05) is 63.3 Å². The molecule has 0 aromatic rings. The molecular weight excluding hydrogens is 416 g/mol. The number of aliphatic hydroxyl groups excluding tert-OH is 2. The molecule has 2 heterocycles. The molecule has 0 aromatic carbocycles. The molecule has 2 N–H and O–H groups in total. The molecule has 1 fully saturated rings. The normalized spacial score (nSPS) is 31.5. The lowest BCUT2D eigenvalue weighted by molar-refractivity contribution is -0.141. The van der Waals surface area contributed by atoms with Crippen LogP contribution in [0.1, 0.15) is 53.9 Å². The van der Waals surface area contributed by atoms with Gasteiger partial charge in [0.2, 0.25) is 0 Å². The zero-order chi connectivity index (χ0) is 24.4. The number of aliphatic hydroxyl groups is 2. The molecule has 2 rings (SSSR count). The summed E-state index contributed by atoms with van der Waals surface area (Å²) in [5.41, 5.74) is 2.33. The molecule has 3 unspecified atom stereocenters. The lowest BCUT2D eigenvalue weighted by Gasteiger charge is -2.38. The first-order chi connectivity index (χ1) is 15.7. The van der Waals surface area contributed by atoms with Crippen molar-refractivity contribution in [2.45, 2.75) is 84.4 Å². The van der Waals surface area contributed by atoms with Gasteiger partial charge in [0.25, 0.3) is 0 Å². The number of carbonyl (C=O) groups is 1. The Morgan fingerprint density at radius 3 is 2.76 bits per heavy atom. The van der Waals surface area contributed by atoms with Gasteiger partial charge in [0.05, 0.1) is 24.4 Å².